The predicted octanol–water partition coefficient (Wildman–Crippen LogP) is 2.74. The molecular weight excluding hydrogens is 314 g/mol. The van der Waals surface area contributed by atoms with Crippen LogP contribution in [0.4, 0.5) is 0 Å². The fourth-order valence-corrected chi connectivity index (χ4v) is 2.75. The van der Waals surface area contributed by atoms with Gasteiger partial charge in [0.2, 0.25) is 0 Å². The molecule has 0 aliphatic rings. The number of nitrogens with zero attached hydrogens (tertiary/aromatic N) is 3. The summed E-state index contributed by atoms with van der Waals surface area (Å²) < 4.78 is 2.02. The highest BCUT2D eigenvalue weighted by Gasteiger charge is 2.11. The molecule has 0 fully saturated rings. The van der Waals surface area contributed by atoms with E-state index in [1.165, 1.54) is 0 Å². The minimum atomic E-state index is -0.193. The lowest BCUT2D eigenvalue weighted by Gasteiger charge is -2.02. The molecule has 0 spiro atoms. The highest BCUT2D eigenvalue weighted by molar-refractivity contribution is 5.92. The van der Waals surface area contributed by atoms with E-state index in [1.54, 1.807) is 12.4 Å². The van der Waals surface area contributed by atoms with Gasteiger partial charge in [0.1, 0.15) is 5.69 Å². The lowest BCUT2D eigenvalue weighted by molar-refractivity contribution is 0.0946. The van der Waals surface area contributed by atoms with E-state index in [0.717, 1.165) is 22.3 Å². The summed E-state index contributed by atoms with van der Waals surface area (Å²) in [5.74, 6) is -0.193. The number of nitrogens with one attached hydrogen (secondary N) is 2. The Kier molecular flexibility index (Phi) is 4.00. The normalized spacial score (nSPS) is 10.9. The van der Waals surface area contributed by atoms with E-state index in [1.807, 2.05) is 59.2 Å². The van der Waals surface area contributed by atoms with Crippen LogP contribution in [0, 0.1) is 0 Å². The third-order valence-electron chi connectivity index (χ3n) is 4.03. The molecule has 0 aliphatic carbocycles. The van der Waals surface area contributed by atoms with Crippen LogP contribution in [0.3, 0.4) is 0 Å². The number of aromatic nitrogens is 4. The first-order chi connectivity index (χ1) is 12.3. The van der Waals surface area contributed by atoms with Crippen molar-refractivity contribution in [2.75, 3.05) is 0 Å². The van der Waals surface area contributed by atoms with Gasteiger partial charge in [-0.1, -0.05) is 42.5 Å². The van der Waals surface area contributed by atoms with Crippen molar-refractivity contribution in [2.45, 2.75) is 13.1 Å². The monoisotopic (exact) mass is 331 g/mol. The van der Waals surface area contributed by atoms with E-state index in [4.69, 9.17) is 0 Å². The van der Waals surface area contributed by atoms with Crippen molar-refractivity contribution in [3.05, 3.63) is 83.9 Å². The van der Waals surface area contributed by atoms with Crippen molar-refractivity contribution in [2.24, 2.45) is 0 Å². The summed E-state index contributed by atoms with van der Waals surface area (Å²) in [6, 6.07) is 19.5. The number of para-hydroxylation sites is 2. The molecule has 0 atom stereocenters. The Bertz CT molecular complexity index is 1000. The van der Waals surface area contributed by atoms with E-state index < -0.39 is 0 Å². The third-order valence-corrected chi connectivity index (χ3v) is 4.03. The summed E-state index contributed by atoms with van der Waals surface area (Å²) in [6.45, 7) is 1.06. The van der Waals surface area contributed by atoms with Gasteiger partial charge >= 0.3 is 0 Å². The molecule has 0 bridgehead atoms. The van der Waals surface area contributed by atoms with Crippen LogP contribution < -0.4 is 5.32 Å². The van der Waals surface area contributed by atoms with Crippen LogP contribution in [0.25, 0.3) is 11.0 Å². The first-order valence-electron chi connectivity index (χ1n) is 8.06. The Labute approximate surface area is 144 Å². The summed E-state index contributed by atoms with van der Waals surface area (Å²) in [5.41, 5.74) is 4.29. The molecule has 0 radical (unpaired) electrons. The maximum Gasteiger partial charge on any atom is 0.272 e. The van der Waals surface area contributed by atoms with Crippen molar-refractivity contribution in [1.29, 1.82) is 0 Å². The van der Waals surface area contributed by atoms with Gasteiger partial charge in [-0.05, 0) is 23.8 Å². The Balaban J connectivity index is 1.44. The highest BCUT2D eigenvalue weighted by atomic mass is 16.1. The Morgan fingerprint density at radius 1 is 1.08 bits per heavy atom. The van der Waals surface area contributed by atoms with Crippen molar-refractivity contribution >= 4 is 16.9 Å². The van der Waals surface area contributed by atoms with Gasteiger partial charge in [0, 0.05) is 6.54 Å². The Morgan fingerprint density at radius 2 is 1.88 bits per heavy atom. The average Bonchev–Trinajstić information content (AvgIpc) is 3.29. The summed E-state index contributed by atoms with van der Waals surface area (Å²) in [5, 5.41) is 9.92. The van der Waals surface area contributed by atoms with Gasteiger partial charge in [0.05, 0.1) is 29.6 Å². The molecule has 2 aromatic heterocycles. The molecule has 4 rings (SSSR count). The minimum absolute atomic E-state index is 0.193. The largest absolute Gasteiger partial charge is 0.347 e. The maximum atomic E-state index is 12.2. The van der Waals surface area contributed by atoms with Gasteiger partial charge < -0.3 is 9.88 Å². The number of carbonyl (C=O) groups excluding carboxylic acids is 1. The van der Waals surface area contributed by atoms with E-state index in [2.05, 4.69) is 20.5 Å². The summed E-state index contributed by atoms with van der Waals surface area (Å²) in [4.78, 5) is 16.6. The number of H-pyrrole nitrogens is 1. The first kappa shape index (κ1) is 15.1. The van der Waals surface area contributed by atoms with Gasteiger partial charge in [-0.3, -0.25) is 9.89 Å². The predicted molar refractivity (Wildman–Crippen MR) is 95.0 cm³/mol. The smallest absolute Gasteiger partial charge is 0.272 e. The third kappa shape index (κ3) is 3.28. The number of benzene rings is 2. The number of aromatic amines is 1. The molecule has 2 N–H and O–H groups in total. The molecule has 0 saturated heterocycles. The summed E-state index contributed by atoms with van der Waals surface area (Å²) in [6.07, 6.45) is 1.79. The first-order valence-corrected chi connectivity index (χ1v) is 8.06. The fourth-order valence-electron chi connectivity index (χ4n) is 2.75. The van der Waals surface area contributed by atoms with E-state index in [9.17, 15) is 4.79 Å². The molecule has 4 aromatic rings. The second-order valence-corrected chi connectivity index (χ2v) is 5.81. The molecule has 0 saturated carbocycles. The Morgan fingerprint density at radius 3 is 2.76 bits per heavy atom. The summed E-state index contributed by atoms with van der Waals surface area (Å²) >= 11 is 0. The van der Waals surface area contributed by atoms with Crippen LogP contribution in [0.1, 0.15) is 21.7 Å². The van der Waals surface area contributed by atoms with Crippen LogP contribution in [0.2, 0.25) is 0 Å². The second-order valence-electron chi connectivity index (χ2n) is 5.81. The number of fused-ring (bicyclic) bond motifs is 1. The fraction of sp³-hybridized carbons (Fsp3) is 0.105. The molecule has 25 heavy (non-hydrogen) atoms. The SMILES string of the molecule is O=C(NCc1ccccc1)c1cc(Cn2cnc3ccccc32)[nH]n1. The van der Waals surface area contributed by atoms with Crippen LogP contribution in [-0.2, 0) is 13.1 Å². The lowest BCUT2D eigenvalue weighted by atomic mass is 10.2. The maximum absolute atomic E-state index is 12.2. The molecule has 6 nitrogen and oxygen atoms in total. The standard InChI is InChI=1S/C19H17N5O/c25-19(20-11-14-6-2-1-3-7-14)17-10-15(22-23-17)12-24-13-21-16-8-4-5-9-18(16)24/h1-10,13H,11-12H2,(H,20,25)(H,22,23). The number of rotatable bonds is 5. The second kappa shape index (κ2) is 6.60. The average molecular weight is 331 g/mol. The van der Waals surface area contributed by atoms with Crippen molar-refractivity contribution < 1.29 is 4.79 Å². The van der Waals surface area contributed by atoms with Gasteiger partial charge in [-0.2, -0.15) is 5.10 Å². The molecule has 6 heteroatoms. The molecular formula is C19H17N5O. The zero-order valence-electron chi connectivity index (χ0n) is 13.5. The number of imidazole rings is 1. The number of hydrogen-bond donors (Lipinski definition) is 2. The highest BCUT2D eigenvalue weighted by Crippen LogP contribution is 2.13. The van der Waals surface area contributed by atoms with E-state index in [-0.39, 0.29) is 5.91 Å². The number of hydrogen-bond acceptors (Lipinski definition) is 3. The molecule has 1 amide bonds. The van der Waals surface area contributed by atoms with Crippen molar-refractivity contribution in [1.82, 2.24) is 25.1 Å². The van der Waals surface area contributed by atoms with E-state index >= 15 is 0 Å². The topological polar surface area (TPSA) is 75.6 Å². The number of amides is 1. The summed E-state index contributed by atoms with van der Waals surface area (Å²) in [7, 11) is 0. The van der Waals surface area contributed by atoms with Gasteiger partial charge in [0.25, 0.3) is 5.91 Å². The zero-order chi connectivity index (χ0) is 17.1. The van der Waals surface area contributed by atoms with Crippen LogP contribution >= 0.6 is 0 Å². The van der Waals surface area contributed by atoms with Gasteiger partial charge in [-0.25, -0.2) is 4.98 Å². The molecule has 0 aliphatic heterocycles. The number of carbonyl (C=O) groups is 1. The molecule has 2 heterocycles. The quantitative estimate of drug-likeness (QED) is 0.590. The van der Waals surface area contributed by atoms with Gasteiger partial charge in [-0.15, -0.1) is 0 Å². The lowest BCUT2D eigenvalue weighted by Crippen LogP contribution is -2.23. The zero-order valence-corrected chi connectivity index (χ0v) is 13.5. The molecule has 124 valence electrons. The van der Waals surface area contributed by atoms with E-state index in [0.29, 0.717) is 18.8 Å². The van der Waals surface area contributed by atoms with Crippen LogP contribution in [0.15, 0.2) is 67.0 Å². The van der Waals surface area contributed by atoms with Crippen LogP contribution in [-0.4, -0.2) is 25.7 Å². The van der Waals surface area contributed by atoms with Gasteiger partial charge in [0.15, 0.2) is 0 Å². The van der Waals surface area contributed by atoms with Crippen molar-refractivity contribution in [3.63, 3.8) is 0 Å². The van der Waals surface area contributed by atoms with Crippen LogP contribution in [0.5, 0.6) is 0 Å². The molecule has 0 unspecified atom stereocenters. The minimum Gasteiger partial charge on any atom is -0.347 e. The Hall–Kier alpha value is -3.41. The molecule has 2 aromatic carbocycles. The van der Waals surface area contributed by atoms with Crippen molar-refractivity contribution in [3.8, 4) is 0 Å².